The molecule has 1 aliphatic heterocycles. The monoisotopic (exact) mass is 539 g/mol. The Morgan fingerprint density at radius 2 is 1.56 bits per heavy atom. The number of nitrogens with one attached hydrogen (secondary N) is 3. The van der Waals surface area contributed by atoms with Crippen molar-refractivity contribution in [2.75, 3.05) is 13.1 Å². The number of carboxylic acids is 1. The van der Waals surface area contributed by atoms with Crippen molar-refractivity contribution < 1.29 is 33.7 Å². The zero-order chi connectivity index (χ0) is 28.4. The number of carbonyl (C=O) groups excluding carboxylic acids is 4. The van der Waals surface area contributed by atoms with Crippen LogP contribution in [0.2, 0.25) is 0 Å². The second kappa shape index (κ2) is 13.5. The minimum Gasteiger partial charge on any atom is -0.632 e. The van der Waals surface area contributed by atoms with Gasteiger partial charge in [0.15, 0.2) is 6.04 Å². The highest BCUT2D eigenvalue weighted by Crippen LogP contribution is 2.28. The molecule has 0 saturated carbocycles. The summed E-state index contributed by atoms with van der Waals surface area (Å²) in [7, 11) is 0. The topological polar surface area (TPSA) is 191 Å². The van der Waals surface area contributed by atoms with E-state index in [4.69, 9.17) is 5.73 Å². The van der Waals surface area contributed by atoms with Gasteiger partial charge in [0.2, 0.25) is 17.7 Å². The second-order valence-corrected chi connectivity index (χ2v) is 9.58. The molecule has 39 heavy (non-hydrogen) atoms. The number of rotatable bonds is 13. The van der Waals surface area contributed by atoms with Crippen LogP contribution in [-0.2, 0) is 36.9 Å². The molecule has 6 N–H and O–H groups in total. The summed E-state index contributed by atoms with van der Waals surface area (Å²) in [4.78, 5) is 61.4. The van der Waals surface area contributed by atoms with Crippen LogP contribution < -0.4 is 21.7 Å². The number of aliphatic carboxylic acids is 1. The van der Waals surface area contributed by atoms with Gasteiger partial charge in [-0.2, -0.15) is 0 Å². The van der Waals surface area contributed by atoms with Gasteiger partial charge in [-0.3, -0.25) is 19.2 Å². The Hall–Kier alpha value is -4.29. The Morgan fingerprint density at radius 3 is 2.15 bits per heavy atom. The third-order valence-corrected chi connectivity index (χ3v) is 6.56. The molecule has 2 aromatic carbocycles. The summed E-state index contributed by atoms with van der Waals surface area (Å²) in [6.45, 7) is -0.150. The number of nitrogens with zero attached hydrogens (tertiary/aromatic N) is 1. The first-order valence-corrected chi connectivity index (χ1v) is 12.6. The maximum Gasteiger partial charge on any atom is 0.326 e. The lowest BCUT2D eigenvalue weighted by molar-refractivity contribution is -0.896. The van der Waals surface area contributed by atoms with Gasteiger partial charge in [-0.15, -0.1) is 0 Å². The van der Waals surface area contributed by atoms with E-state index in [0.717, 1.165) is 5.56 Å². The molecule has 1 saturated heterocycles. The van der Waals surface area contributed by atoms with Gasteiger partial charge in [0, 0.05) is 24.8 Å². The van der Waals surface area contributed by atoms with Crippen LogP contribution >= 0.6 is 0 Å². The van der Waals surface area contributed by atoms with Crippen LogP contribution in [0.25, 0.3) is 0 Å². The molecule has 12 nitrogen and oxygen atoms in total. The van der Waals surface area contributed by atoms with Gasteiger partial charge in [-0.1, -0.05) is 60.7 Å². The van der Waals surface area contributed by atoms with E-state index in [9.17, 15) is 34.3 Å². The van der Waals surface area contributed by atoms with E-state index in [0.29, 0.717) is 18.4 Å². The Kier molecular flexibility index (Phi) is 10.1. The average molecular weight is 540 g/mol. The third kappa shape index (κ3) is 8.62. The number of amides is 4. The van der Waals surface area contributed by atoms with E-state index in [2.05, 4.69) is 16.0 Å². The molecule has 12 heteroatoms. The minimum absolute atomic E-state index is 0.0191. The number of carbonyl (C=O) groups is 5. The number of quaternary nitrogens is 1. The Bertz CT molecular complexity index is 1180. The molecule has 2 aromatic rings. The number of benzene rings is 2. The van der Waals surface area contributed by atoms with Crippen LogP contribution in [0, 0.1) is 5.21 Å². The quantitative estimate of drug-likeness (QED) is 0.174. The first-order valence-electron chi connectivity index (χ1n) is 12.6. The first-order chi connectivity index (χ1) is 18.6. The van der Waals surface area contributed by atoms with Crippen molar-refractivity contribution in [3.63, 3.8) is 0 Å². The van der Waals surface area contributed by atoms with E-state index in [-0.39, 0.29) is 19.5 Å². The summed E-state index contributed by atoms with van der Waals surface area (Å²) < 4.78 is -0.734. The molecule has 208 valence electrons. The fourth-order valence-corrected chi connectivity index (χ4v) is 4.63. The average Bonchev–Trinajstić information content (AvgIpc) is 3.28. The van der Waals surface area contributed by atoms with Gasteiger partial charge < -0.3 is 36.6 Å². The standard InChI is InChI=1S/C27H33N5O7/c28-23(33)15-20(25(35)31-21(27(37)38)14-18-8-3-1-4-9-18)30-24(34)16-29-26(36)22-12-7-13-32(22,39)17-19-10-5-2-6-11-19/h1-6,8-11,20-22H,7,12-17H2,(H2,28,33)(H,29,36)(H,30,34)(H,31,35)(H,37,38)/t20-,21-,22-,32?/m0/s1. The third-order valence-electron chi connectivity index (χ3n) is 6.56. The van der Waals surface area contributed by atoms with Crippen LogP contribution in [0.4, 0.5) is 0 Å². The maximum absolute atomic E-state index is 13.4. The van der Waals surface area contributed by atoms with Crippen molar-refractivity contribution in [3.05, 3.63) is 77.0 Å². The molecule has 0 aromatic heterocycles. The largest absolute Gasteiger partial charge is 0.632 e. The lowest BCUT2D eigenvalue weighted by atomic mass is 10.1. The van der Waals surface area contributed by atoms with Crippen LogP contribution in [0.3, 0.4) is 0 Å². The lowest BCUT2D eigenvalue weighted by Crippen LogP contribution is -2.56. The molecule has 4 atom stereocenters. The second-order valence-electron chi connectivity index (χ2n) is 9.58. The minimum atomic E-state index is -1.46. The summed E-state index contributed by atoms with van der Waals surface area (Å²) in [5, 5.41) is 30.0. The van der Waals surface area contributed by atoms with E-state index >= 15 is 0 Å². The number of likely N-dealkylation sites (tertiary alicyclic amines) is 1. The van der Waals surface area contributed by atoms with Crippen LogP contribution in [0.15, 0.2) is 60.7 Å². The Balaban J connectivity index is 1.57. The van der Waals surface area contributed by atoms with Gasteiger partial charge in [0.05, 0.1) is 19.5 Å². The molecular formula is C27H33N5O7. The molecule has 0 aliphatic carbocycles. The van der Waals surface area contributed by atoms with Crippen LogP contribution in [0.5, 0.6) is 0 Å². The highest BCUT2D eigenvalue weighted by atomic mass is 16.5. The number of hydroxylamine groups is 3. The zero-order valence-electron chi connectivity index (χ0n) is 21.4. The fraction of sp³-hybridized carbons (Fsp3) is 0.370. The zero-order valence-corrected chi connectivity index (χ0v) is 21.4. The fourth-order valence-electron chi connectivity index (χ4n) is 4.63. The van der Waals surface area contributed by atoms with Gasteiger partial charge in [-0.05, 0) is 5.56 Å². The van der Waals surface area contributed by atoms with Gasteiger partial charge >= 0.3 is 5.97 Å². The number of nitrogens with two attached hydrogens (primary N) is 1. The van der Waals surface area contributed by atoms with E-state index in [1.54, 1.807) is 30.3 Å². The predicted octanol–water partition coefficient (Wildman–Crippen LogP) is -0.0479. The van der Waals surface area contributed by atoms with Gasteiger partial charge in [-0.25, -0.2) is 4.79 Å². The molecular weight excluding hydrogens is 506 g/mol. The number of hydrogen-bond donors (Lipinski definition) is 5. The molecule has 4 amide bonds. The SMILES string of the molecule is NC(=O)C[C@H](NC(=O)CNC(=O)[C@@H]1CCC[N+]1([O-])Cc1ccccc1)C(=O)N[C@@H](Cc1ccccc1)C(=O)O. The van der Waals surface area contributed by atoms with E-state index in [1.165, 1.54) is 0 Å². The molecule has 0 radical (unpaired) electrons. The highest BCUT2D eigenvalue weighted by Gasteiger charge is 2.40. The smallest absolute Gasteiger partial charge is 0.326 e. The molecule has 0 bridgehead atoms. The van der Waals surface area contributed by atoms with Crippen molar-refractivity contribution in [2.24, 2.45) is 5.73 Å². The van der Waals surface area contributed by atoms with Crippen molar-refractivity contribution in [3.8, 4) is 0 Å². The maximum atomic E-state index is 13.4. The molecule has 0 spiro atoms. The van der Waals surface area contributed by atoms with Crippen molar-refractivity contribution in [1.29, 1.82) is 0 Å². The van der Waals surface area contributed by atoms with Gasteiger partial charge in [0.1, 0.15) is 18.6 Å². The van der Waals surface area contributed by atoms with Crippen LogP contribution in [0.1, 0.15) is 30.4 Å². The van der Waals surface area contributed by atoms with Crippen molar-refractivity contribution >= 4 is 29.6 Å². The predicted molar refractivity (Wildman–Crippen MR) is 140 cm³/mol. The van der Waals surface area contributed by atoms with E-state index in [1.807, 2.05) is 30.3 Å². The van der Waals surface area contributed by atoms with Crippen molar-refractivity contribution in [1.82, 2.24) is 16.0 Å². The van der Waals surface area contributed by atoms with Crippen molar-refractivity contribution in [2.45, 2.75) is 50.4 Å². The van der Waals surface area contributed by atoms with Gasteiger partial charge in [0.25, 0.3) is 5.91 Å². The number of hydrogen-bond acceptors (Lipinski definition) is 6. The summed E-state index contributed by atoms with van der Waals surface area (Å²) in [6, 6.07) is 14.1. The summed E-state index contributed by atoms with van der Waals surface area (Å²) in [5.74, 6) is -4.49. The summed E-state index contributed by atoms with van der Waals surface area (Å²) in [5.41, 5.74) is 6.69. The van der Waals surface area contributed by atoms with E-state index < -0.39 is 65.3 Å². The molecule has 1 heterocycles. The summed E-state index contributed by atoms with van der Waals surface area (Å²) >= 11 is 0. The first kappa shape index (κ1) is 29.3. The molecule has 3 rings (SSSR count). The Morgan fingerprint density at radius 1 is 0.949 bits per heavy atom. The number of primary amides is 1. The normalized spacial score (nSPS) is 19.9. The molecule has 1 unspecified atom stereocenters. The highest BCUT2D eigenvalue weighted by molar-refractivity contribution is 5.95. The lowest BCUT2D eigenvalue weighted by Gasteiger charge is -2.43. The summed E-state index contributed by atoms with van der Waals surface area (Å²) in [6.07, 6.45) is 0.335. The van der Waals surface area contributed by atoms with Crippen LogP contribution in [-0.4, -0.2) is 70.6 Å². The Labute approximate surface area is 225 Å². The molecule has 1 fully saturated rings. The molecule has 1 aliphatic rings. The number of carboxylic acid groups (broad SMARTS) is 1.